The summed E-state index contributed by atoms with van der Waals surface area (Å²) in [5.41, 5.74) is 0. The van der Waals surface area contributed by atoms with Crippen LogP contribution in [0.15, 0.2) is 60.7 Å². The second kappa shape index (κ2) is 14.4. The number of unbranched alkanes of at least 4 members (excludes halogenated alkanes) is 2. The third-order valence-corrected chi connectivity index (χ3v) is 2.33. The number of para-hydroxylation sites is 2. The molecule has 0 aliphatic rings. The van der Waals surface area contributed by atoms with Gasteiger partial charge in [-0.15, -0.1) is 0 Å². The Morgan fingerprint density at radius 3 is 1.05 bits per heavy atom. The minimum atomic E-state index is 0.250. The number of phenols is 2. The second-order valence-electron chi connectivity index (χ2n) is 4.18. The Kier molecular flexibility index (Phi) is 13.0. The lowest BCUT2D eigenvalue weighted by Gasteiger charge is -1.90. The van der Waals surface area contributed by atoms with Crippen LogP contribution in [0.1, 0.15) is 19.3 Å². The van der Waals surface area contributed by atoms with Crippen molar-refractivity contribution in [2.45, 2.75) is 19.3 Å². The first-order chi connectivity index (χ1) is 10.2. The van der Waals surface area contributed by atoms with Gasteiger partial charge in [-0.3, -0.25) is 0 Å². The van der Waals surface area contributed by atoms with E-state index in [0.29, 0.717) is 11.5 Å². The first-order valence-electron chi connectivity index (χ1n) is 6.90. The molecule has 0 aromatic heterocycles. The fourth-order valence-corrected chi connectivity index (χ4v) is 1.26. The molecule has 2 aromatic carbocycles. The van der Waals surface area contributed by atoms with Crippen molar-refractivity contribution in [3.8, 4) is 11.5 Å². The maximum absolute atomic E-state index is 8.63. The average molecular weight is 292 g/mol. The van der Waals surface area contributed by atoms with E-state index in [2.05, 4.69) is 0 Å². The Morgan fingerprint density at radius 1 is 0.524 bits per heavy atom. The number of aliphatic hydroxyl groups excluding tert-OH is 2. The maximum Gasteiger partial charge on any atom is 0.115 e. The summed E-state index contributed by atoms with van der Waals surface area (Å²) in [5, 5.41) is 33.7. The van der Waals surface area contributed by atoms with Gasteiger partial charge in [0.25, 0.3) is 0 Å². The molecule has 0 radical (unpaired) electrons. The van der Waals surface area contributed by atoms with Crippen LogP contribution in [0, 0.1) is 0 Å². The predicted molar refractivity (Wildman–Crippen MR) is 84.2 cm³/mol. The van der Waals surface area contributed by atoms with Crippen LogP contribution in [0.2, 0.25) is 0 Å². The van der Waals surface area contributed by atoms with Crippen LogP contribution in [0.4, 0.5) is 0 Å². The van der Waals surface area contributed by atoms with Crippen LogP contribution in [-0.2, 0) is 0 Å². The van der Waals surface area contributed by atoms with E-state index >= 15 is 0 Å². The van der Waals surface area contributed by atoms with Gasteiger partial charge in [0.15, 0.2) is 0 Å². The van der Waals surface area contributed by atoms with Gasteiger partial charge in [0.05, 0.1) is 0 Å². The van der Waals surface area contributed by atoms with E-state index in [-0.39, 0.29) is 13.2 Å². The van der Waals surface area contributed by atoms with Gasteiger partial charge in [-0.2, -0.15) is 0 Å². The molecule has 0 aliphatic carbocycles. The van der Waals surface area contributed by atoms with Crippen LogP contribution in [0.3, 0.4) is 0 Å². The lowest BCUT2D eigenvalue weighted by Crippen LogP contribution is -1.85. The molecular formula is C17H24O4. The van der Waals surface area contributed by atoms with Gasteiger partial charge >= 0.3 is 0 Å². The molecule has 0 spiro atoms. The number of hydrogen-bond acceptors (Lipinski definition) is 4. The summed E-state index contributed by atoms with van der Waals surface area (Å²) in [4.78, 5) is 0. The summed E-state index contributed by atoms with van der Waals surface area (Å²) >= 11 is 0. The van der Waals surface area contributed by atoms with Crippen molar-refractivity contribution < 1.29 is 20.4 Å². The summed E-state index contributed by atoms with van der Waals surface area (Å²) in [5.74, 6) is 0.644. The number of rotatable bonds is 4. The van der Waals surface area contributed by atoms with E-state index in [0.717, 1.165) is 19.3 Å². The molecule has 0 fully saturated rings. The van der Waals surface area contributed by atoms with Gasteiger partial charge in [-0.25, -0.2) is 0 Å². The monoisotopic (exact) mass is 292 g/mol. The highest BCUT2D eigenvalue weighted by atomic mass is 16.3. The summed E-state index contributed by atoms with van der Waals surface area (Å²) in [6.45, 7) is 0.500. The van der Waals surface area contributed by atoms with Crippen molar-refractivity contribution in [1.29, 1.82) is 0 Å². The van der Waals surface area contributed by atoms with Crippen molar-refractivity contribution >= 4 is 0 Å². The van der Waals surface area contributed by atoms with E-state index in [9.17, 15) is 0 Å². The largest absolute Gasteiger partial charge is 0.508 e. The van der Waals surface area contributed by atoms with Gasteiger partial charge in [0.1, 0.15) is 11.5 Å². The Morgan fingerprint density at radius 2 is 0.857 bits per heavy atom. The highest BCUT2D eigenvalue weighted by molar-refractivity contribution is 5.19. The quantitative estimate of drug-likeness (QED) is 0.653. The van der Waals surface area contributed by atoms with Gasteiger partial charge in [0.2, 0.25) is 0 Å². The van der Waals surface area contributed by atoms with Crippen molar-refractivity contribution in [3.05, 3.63) is 60.7 Å². The van der Waals surface area contributed by atoms with Crippen LogP contribution < -0.4 is 0 Å². The molecule has 2 rings (SSSR count). The first kappa shape index (κ1) is 19.0. The van der Waals surface area contributed by atoms with Crippen molar-refractivity contribution in [2.24, 2.45) is 0 Å². The van der Waals surface area contributed by atoms with Gasteiger partial charge < -0.3 is 20.4 Å². The molecule has 0 atom stereocenters. The molecule has 0 saturated heterocycles. The van der Waals surface area contributed by atoms with E-state index in [1.54, 1.807) is 48.5 Å². The summed E-state index contributed by atoms with van der Waals surface area (Å²) < 4.78 is 0. The van der Waals surface area contributed by atoms with E-state index in [1.165, 1.54) is 0 Å². The molecule has 0 unspecified atom stereocenters. The number of aliphatic hydroxyl groups is 2. The first-order valence-corrected chi connectivity index (χ1v) is 6.90. The fourth-order valence-electron chi connectivity index (χ4n) is 1.26. The van der Waals surface area contributed by atoms with Gasteiger partial charge in [0, 0.05) is 13.2 Å². The zero-order valence-corrected chi connectivity index (χ0v) is 12.1. The molecule has 0 amide bonds. The average Bonchev–Trinajstić information content (AvgIpc) is 2.51. The van der Waals surface area contributed by atoms with Crippen LogP contribution in [0.25, 0.3) is 0 Å². The van der Waals surface area contributed by atoms with Crippen molar-refractivity contribution in [3.63, 3.8) is 0 Å². The van der Waals surface area contributed by atoms with E-state index < -0.39 is 0 Å². The number of hydrogen-bond donors (Lipinski definition) is 4. The summed E-state index contributed by atoms with van der Waals surface area (Å²) in [6.07, 6.45) is 2.58. The molecule has 0 saturated carbocycles. The lowest BCUT2D eigenvalue weighted by atomic mass is 10.2. The molecule has 2 aromatic rings. The molecule has 0 bridgehead atoms. The molecule has 21 heavy (non-hydrogen) atoms. The Bertz CT molecular complexity index is 376. The third-order valence-electron chi connectivity index (χ3n) is 2.33. The smallest absolute Gasteiger partial charge is 0.115 e. The Hall–Kier alpha value is -2.04. The van der Waals surface area contributed by atoms with Crippen LogP contribution in [0.5, 0.6) is 11.5 Å². The Labute approximate surface area is 126 Å². The fraction of sp³-hybridized carbons (Fsp3) is 0.294. The number of phenolic OH excluding ortho intramolecular Hbond substituents is 2. The van der Waals surface area contributed by atoms with Crippen molar-refractivity contribution in [2.75, 3.05) is 13.2 Å². The van der Waals surface area contributed by atoms with Crippen molar-refractivity contribution in [1.82, 2.24) is 0 Å². The standard InChI is InChI=1S/2C6H6O.C5H12O2/c2*7-6-4-2-1-3-5-6;6-4-2-1-3-5-7/h2*1-5,7H;6-7H,1-5H2. The molecule has 4 nitrogen and oxygen atoms in total. The van der Waals surface area contributed by atoms with E-state index in [4.69, 9.17) is 20.4 Å². The van der Waals surface area contributed by atoms with Crippen LogP contribution >= 0.6 is 0 Å². The zero-order chi connectivity index (χ0) is 15.8. The minimum Gasteiger partial charge on any atom is -0.508 e. The SMILES string of the molecule is OCCCCCO.Oc1ccccc1.Oc1ccccc1. The molecule has 0 heterocycles. The summed E-state index contributed by atoms with van der Waals surface area (Å²) in [7, 11) is 0. The van der Waals surface area contributed by atoms with E-state index in [1.807, 2.05) is 12.1 Å². The predicted octanol–water partition coefficient (Wildman–Crippen LogP) is 2.93. The van der Waals surface area contributed by atoms with Crippen LogP contribution in [-0.4, -0.2) is 33.6 Å². The molecular weight excluding hydrogens is 268 g/mol. The van der Waals surface area contributed by atoms with Gasteiger partial charge in [-0.05, 0) is 43.5 Å². The molecule has 4 N–H and O–H groups in total. The number of aromatic hydroxyl groups is 2. The highest BCUT2D eigenvalue weighted by Gasteiger charge is 1.81. The third kappa shape index (κ3) is 14.2. The Balaban J connectivity index is 0.000000286. The van der Waals surface area contributed by atoms with Gasteiger partial charge in [-0.1, -0.05) is 36.4 Å². The molecule has 116 valence electrons. The lowest BCUT2D eigenvalue weighted by molar-refractivity contribution is 0.257. The zero-order valence-electron chi connectivity index (χ0n) is 12.1. The minimum absolute atomic E-state index is 0.250. The highest BCUT2D eigenvalue weighted by Crippen LogP contribution is 2.03. The number of benzene rings is 2. The second-order valence-corrected chi connectivity index (χ2v) is 4.18. The molecule has 4 heteroatoms. The molecule has 0 aliphatic heterocycles. The topological polar surface area (TPSA) is 80.9 Å². The normalized spacial score (nSPS) is 8.86. The summed E-state index contributed by atoms with van der Waals surface area (Å²) in [6, 6.07) is 17.4. The maximum atomic E-state index is 8.63.